The van der Waals surface area contributed by atoms with Gasteiger partial charge in [0.1, 0.15) is 16.8 Å². The Kier molecular flexibility index (Phi) is 3.16. The molecular weight excluding hydrogens is 207 g/mol. The summed E-state index contributed by atoms with van der Waals surface area (Å²) in [4.78, 5) is 17.9. The molecule has 14 heavy (non-hydrogen) atoms. The second-order valence-corrected chi connectivity index (χ2v) is 4.15. The Balaban J connectivity index is 3.25. The first-order valence-corrected chi connectivity index (χ1v) is 5.38. The Morgan fingerprint density at radius 1 is 1.21 bits per heavy atom. The summed E-state index contributed by atoms with van der Waals surface area (Å²) in [6.07, 6.45) is 0. The van der Waals surface area contributed by atoms with Crippen molar-refractivity contribution < 1.29 is 23.8 Å². The number of benzene rings is 1. The summed E-state index contributed by atoms with van der Waals surface area (Å²) in [5.74, 6) is 0.608. The minimum Gasteiger partial charge on any atom is -0.497 e. The van der Waals surface area contributed by atoms with Gasteiger partial charge in [0.25, 0.3) is 0 Å². The van der Waals surface area contributed by atoms with E-state index >= 15 is 0 Å². The quantitative estimate of drug-likeness (QED) is 0.723. The minimum absolute atomic E-state index is 0.123. The van der Waals surface area contributed by atoms with Gasteiger partial charge in [-0.1, -0.05) is 0 Å². The molecule has 2 N–H and O–H groups in total. The van der Waals surface area contributed by atoms with Crippen LogP contribution < -0.4 is 14.8 Å². The average Bonchev–Trinajstić information content (AvgIpc) is 2.15. The molecule has 0 radical (unpaired) electrons. The highest BCUT2D eigenvalue weighted by atomic mass is 31.2. The highest BCUT2D eigenvalue weighted by Crippen LogP contribution is 2.38. The molecule has 1 rings (SSSR count). The normalized spacial score (nSPS) is 11.1. The second-order valence-electron chi connectivity index (χ2n) is 2.58. The van der Waals surface area contributed by atoms with E-state index in [4.69, 9.17) is 19.3 Å². The molecule has 1 aromatic rings. The lowest BCUT2D eigenvalue weighted by molar-refractivity contribution is 0.377. The lowest BCUT2D eigenvalue weighted by Gasteiger charge is -2.10. The third kappa shape index (κ3) is 2.26. The van der Waals surface area contributed by atoms with Crippen LogP contribution in [-0.4, -0.2) is 24.0 Å². The minimum atomic E-state index is -4.28. The van der Waals surface area contributed by atoms with Crippen LogP contribution in [0.5, 0.6) is 11.5 Å². The van der Waals surface area contributed by atoms with Crippen molar-refractivity contribution in [3.05, 3.63) is 18.2 Å². The van der Waals surface area contributed by atoms with Crippen LogP contribution in [-0.2, 0) is 4.57 Å². The summed E-state index contributed by atoms with van der Waals surface area (Å²) in [5.41, 5.74) is 0. The van der Waals surface area contributed by atoms with Crippen LogP contribution in [0.2, 0.25) is 0 Å². The molecular formula is C8H11O5P. The molecule has 0 heterocycles. The molecule has 0 aliphatic rings. The predicted molar refractivity (Wildman–Crippen MR) is 51.2 cm³/mol. The topological polar surface area (TPSA) is 76.0 Å². The molecule has 0 saturated heterocycles. The molecule has 0 aromatic heterocycles. The third-order valence-corrected chi connectivity index (χ3v) is 2.70. The van der Waals surface area contributed by atoms with Crippen molar-refractivity contribution in [2.24, 2.45) is 0 Å². The van der Waals surface area contributed by atoms with Crippen molar-refractivity contribution in [2.45, 2.75) is 0 Å². The standard InChI is InChI=1S/C8H11O5P/c1-12-6-3-4-8(14(9,10)11)7(5-6)13-2/h3-5H,1-2H3,(H2,9,10,11). The number of hydrogen-bond acceptors (Lipinski definition) is 3. The van der Waals surface area contributed by atoms with Crippen LogP contribution in [0.1, 0.15) is 0 Å². The van der Waals surface area contributed by atoms with Gasteiger partial charge < -0.3 is 19.3 Å². The molecule has 0 bridgehead atoms. The molecule has 1 aromatic carbocycles. The summed E-state index contributed by atoms with van der Waals surface area (Å²) >= 11 is 0. The van der Waals surface area contributed by atoms with Gasteiger partial charge in [0.15, 0.2) is 0 Å². The van der Waals surface area contributed by atoms with E-state index < -0.39 is 7.60 Å². The van der Waals surface area contributed by atoms with E-state index in [9.17, 15) is 4.57 Å². The smallest absolute Gasteiger partial charge is 0.359 e. The van der Waals surface area contributed by atoms with Gasteiger partial charge in [0.2, 0.25) is 0 Å². The fourth-order valence-electron chi connectivity index (χ4n) is 1.03. The van der Waals surface area contributed by atoms with Crippen LogP contribution in [0, 0.1) is 0 Å². The Labute approximate surface area is 81.4 Å². The summed E-state index contributed by atoms with van der Waals surface area (Å²) in [7, 11) is -1.48. The molecule has 5 nitrogen and oxygen atoms in total. The SMILES string of the molecule is COc1ccc(P(=O)(O)O)c(OC)c1. The average molecular weight is 218 g/mol. The van der Waals surface area contributed by atoms with Gasteiger partial charge in [-0.3, -0.25) is 4.57 Å². The van der Waals surface area contributed by atoms with Crippen molar-refractivity contribution in [3.8, 4) is 11.5 Å². The molecule has 78 valence electrons. The zero-order valence-corrected chi connectivity index (χ0v) is 8.69. The fourth-order valence-corrected chi connectivity index (χ4v) is 1.74. The molecule has 0 spiro atoms. The van der Waals surface area contributed by atoms with Crippen LogP contribution in [0.25, 0.3) is 0 Å². The summed E-state index contributed by atoms with van der Waals surface area (Å²) in [6, 6.07) is 4.18. The fraction of sp³-hybridized carbons (Fsp3) is 0.250. The lowest BCUT2D eigenvalue weighted by atomic mass is 10.3. The molecule has 0 aliphatic heterocycles. The third-order valence-electron chi connectivity index (χ3n) is 1.70. The maximum Gasteiger partial charge on any atom is 0.359 e. The first-order chi connectivity index (χ1) is 6.49. The van der Waals surface area contributed by atoms with Crippen molar-refractivity contribution in [2.75, 3.05) is 14.2 Å². The van der Waals surface area contributed by atoms with E-state index in [1.807, 2.05) is 0 Å². The van der Waals surface area contributed by atoms with Crippen LogP contribution >= 0.6 is 7.60 Å². The highest BCUT2D eigenvalue weighted by Gasteiger charge is 2.22. The van der Waals surface area contributed by atoms with Crippen molar-refractivity contribution >= 4 is 12.9 Å². The van der Waals surface area contributed by atoms with Crippen LogP contribution in [0.3, 0.4) is 0 Å². The van der Waals surface area contributed by atoms with Crippen molar-refractivity contribution in [3.63, 3.8) is 0 Å². The van der Waals surface area contributed by atoms with Gasteiger partial charge in [-0.25, -0.2) is 0 Å². The van der Waals surface area contributed by atoms with Crippen molar-refractivity contribution in [1.29, 1.82) is 0 Å². The van der Waals surface area contributed by atoms with Gasteiger partial charge in [-0.2, -0.15) is 0 Å². The van der Waals surface area contributed by atoms with Crippen molar-refractivity contribution in [1.82, 2.24) is 0 Å². The van der Waals surface area contributed by atoms with Gasteiger partial charge in [-0.15, -0.1) is 0 Å². The van der Waals surface area contributed by atoms with Gasteiger partial charge in [-0.05, 0) is 12.1 Å². The molecule has 0 fully saturated rings. The lowest BCUT2D eigenvalue weighted by Crippen LogP contribution is -2.08. The largest absolute Gasteiger partial charge is 0.497 e. The Hall–Kier alpha value is -1.03. The molecule has 0 amide bonds. The summed E-state index contributed by atoms with van der Waals surface area (Å²) < 4.78 is 20.7. The molecule has 0 aliphatic carbocycles. The predicted octanol–water partition coefficient (Wildman–Crippen LogP) is 0.507. The first kappa shape index (κ1) is 11.0. The van der Waals surface area contributed by atoms with E-state index in [0.717, 1.165) is 0 Å². The number of methoxy groups -OCH3 is 2. The van der Waals surface area contributed by atoms with E-state index in [1.165, 1.54) is 32.4 Å². The van der Waals surface area contributed by atoms with E-state index in [1.54, 1.807) is 0 Å². The number of ether oxygens (including phenoxy) is 2. The van der Waals surface area contributed by atoms with Gasteiger partial charge in [0, 0.05) is 6.07 Å². The molecule has 0 atom stereocenters. The zero-order chi connectivity index (χ0) is 10.8. The van der Waals surface area contributed by atoms with E-state index in [-0.39, 0.29) is 11.1 Å². The maximum absolute atomic E-state index is 11.0. The van der Waals surface area contributed by atoms with Crippen LogP contribution in [0.4, 0.5) is 0 Å². The second kappa shape index (κ2) is 4.00. The Bertz CT molecular complexity index is 370. The highest BCUT2D eigenvalue weighted by molar-refractivity contribution is 7.60. The molecule has 0 unspecified atom stereocenters. The summed E-state index contributed by atoms with van der Waals surface area (Å²) in [5, 5.41) is -0.138. The zero-order valence-electron chi connectivity index (χ0n) is 7.80. The van der Waals surface area contributed by atoms with Crippen LogP contribution in [0.15, 0.2) is 18.2 Å². The first-order valence-electron chi connectivity index (χ1n) is 3.77. The van der Waals surface area contributed by atoms with E-state index in [0.29, 0.717) is 5.75 Å². The Morgan fingerprint density at radius 2 is 1.86 bits per heavy atom. The molecule has 6 heteroatoms. The Morgan fingerprint density at radius 3 is 2.29 bits per heavy atom. The van der Waals surface area contributed by atoms with E-state index in [2.05, 4.69) is 0 Å². The number of rotatable bonds is 3. The number of hydrogen-bond donors (Lipinski definition) is 2. The van der Waals surface area contributed by atoms with Gasteiger partial charge in [0.05, 0.1) is 14.2 Å². The maximum atomic E-state index is 11.0. The van der Waals surface area contributed by atoms with Gasteiger partial charge >= 0.3 is 7.60 Å². The summed E-state index contributed by atoms with van der Waals surface area (Å²) in [6.45, 7) is 0. The monoisotopic (exact) mass is 218 g/mol. The molecule has 0 saturated carbocycles.